The highest BCUT2D eigenvalue weighted by Crippen LogP contribution is 2.22. The number of hydrogen-bond acceptors (Lipinski definition) is 3. The van der Waals surface area contributed by atoms with E-state index in [2.05, 4.69) is 10.3 Å². The number of carbonyl (C=O) groups is 1. The van der Waals surface area contributed by atoms with Gasteiger partial charge in [0.1, 0.15) is 0 Å². The van der Waals surface area contributed by atoms with E-state index >= 15 is 0 Å². The van der Waals surface area contributed by atoms with Crippen LogP contribution in [0.2, 0.25) is 5.02 Å². The average molecular weight is 358 g/mol. The molecule has 1 aliphatic heterocycles. The van der Waals surface area contributed by atoms with E-state index in [0.29, 0.717) is 17.1 Å². The maximum Gasteiger partial charge on any atom is 0.254 e. The molecule has 1 N–H and O–H groups in total. The van der Waals surface area contributed by atoms with E-state index in [-0.39, 0.29) is 11.9 Å². The third-order valence-electron chi connectivity index (χ3n) is 4.71. The minimum absolute atomic E-state index is 0.0531. The number of hydrogen-bond donors (Lipinski definition) is 1. The minimum atomic E-state index is 0.0531. The van der Waals surface area contributed by atoms with Crippen LogP contribution in [0.1, 0.15) is 40.9 Å². The van der Waals surface area contributed by atoms with Crippen LogP contribution in [0.5, 0.6) is 0 Å². The second-order valence-corrected chi connectivity index (χ2v) is 6.96. The Kier molecular flexibility index (Phi) is 6.05. The van der Waals surface area contributed by atoms with Gasteiger partial charge < -0.3 is 10.2 Å². The van der Waals surface area contributed by atoms with Crippen LogP contribution in [0.25, 0.3) is 0 Å². The third-order valence-corrected chi connectivity index (χ3v) is 5.13. The Morgan fingerprint density at radius 2 is 2.16 bits per heavy atom. The van der Waals surface area contributed by atoms with Gasteiger partial charge in [-0.3, -0.25) is 9.78 Å². The molecule has 0 bridgehead atoms. The van der Waals surface area contributed by atoms with Crippen molar-refractivity contribution in [3.05, 3.63) is 64.4 Å². The maximum atomic E-state index is 13.3. The van der Waals surface area contributed by atoms with Crippen LogP contribution in [-0.4, -0.2) is 34.9 Å². The zero-order chi connectivity index (χ0) is 17.6. The zero-order valence-corrected chi connectivity index (χ0v) is 15.3. The first kappa shape index (κ1) is 17.9. The van der Waals surface area contributed by atoms with E-state index in [1.807, 2.05) is 42.2 Å². The highest BCUT2D eigenvalue weighted by molar-refractivity contribution is 6.31. The summed E-state index contributed by atoms with van der Waals surface area (Å²) in [6.07, 6.45) is 4.83. The van der Waals surface area contributed by atoms with Crippen molar-refractivity contribution in [2.75, 3.05) is 13.1 Å². The van der Waals surface area contributed by atoms with Crippen LogP contribution in [-0.2, 0) is 6.54 Å². The van der Waals surface area contributed by atoms with Crippen LogP contribution in [0.3, 0.4) is 0 Å². The molecule has 1 aromatic heterocycles. The first-order valence-electron chi connectivity index (χ1n) is 8.83. The number of amides is 1. The standard InChI is InChI=1S/C20H24ClN3O/c1-15-13-16(7-8-19(15)21)20(25)24(14-17-5-2-3-11-23-17)18-6-4-10-22-12-9-18/h2-3,5,7-8,11,13,18,22H,4,6,9-10,12,14H2,1H3. The fraction of sp³-hybridized carbons (Fsp3) is 0.400. The van der Waals surface area contributed by atoms with Gasteiger partial charge in [-0.2, -0.15) is 0 Å². The number of rotatable bonds is 4. The summed E-state index contributed by atoms with van der Waals surface area (Å²) in [4.78, 5) is 19.7. The molecule has 4 nitrogen and oxygen atoms in total. The minimum Gasteiger partial charge on any atom is -0.330 e. The maximum absolute atomic E-state index is 13.3. The first-order chi connectivity index (χ1) is 12.1. The van der Waals surface area contributed by atoms with Crippen molar-refractivity contribution in [2.24, 2.45) is 0 Å². The molecule has 1 atom stereocenters. The third kappa shape index (κ3) is 4.59. The van der Waals surface area contributed by atoms with Crippen molar-refractivity contribution in [3.63, 3.8) is 0 Å². The Morgan fingerprint density at radius 3 is 2.92 bits per heavy atom. The molecule has 0 saturated carbocycles. The molecule has 132 valence electrons. The summed E-state index contributed by atoms with van der Waals surface area (Å²) >= 11 is 6.12. The van der Waals surface area contributed by atoms with Crippen molar-refractivity contribution < 1.29 is 4.79 Å². The van der Waals surface area contributed by atoms with E-state index in [4.69, 9.17) is 11.6 Å². The van der Waals surface area contributed by atoms with E-state index in [0.717, 1.165) is 43.6 Å². The lowest BCUT2D eigenvalue weighted by Crippen LogP contribution is -2.40. The molecule has 0 radical (unpaired) electrons. The summed E-state index contributed by atoms with van der Waals surface area (Å²) < 4.78 is 0. The first-order valence-corrected chi connectivity index (χ1v) is 9.20. The molecule has 1 amide bonds. The molecule has 1 saturated heterocycles. The fourth-order valence-electron chi connectivity index (χ4n) is 3.29. The van der Waals surface area contributed by atoms with Gasteiger partial charge in [-0.1, -0.05) is 17.7 Å². The summed E-state index contributed by atoms with van der Waals surface area (Å²) in [6.45, 7) is 4.42. The molecular formula is C20H24ClN3O. The van der Waals surface area contributed by atoms with Gasteiger partial charge >= 0.3 is 0 Å². The Balaban J connectivity index is 1.88. The smallest absolute Gasteiger partial charge is 0.254 e. The Bertz CT molecular complexity index is 712. The predicted octanol–water partition coefficient (Wildman–Crippen LogP) is 3.83. The second-order valence-electron chi connectivity index (χ2n) is 6.55. The number of pyridine rings is 1. The molecule has 0 aliphatic carbocycles. The molecule has 1 fully saturated rings. The monoisotopic (exact) mass is 357 g/mol. The summed E-state index contributed by atoms with van der Waals surface area (Å²) in [5.74, 6) is 0.0531. The molecule has 0 spiro atoms. The molecule has 1 aliphatic rings. The molecule has 1 aromatic carbocycles. The number of benzene rings is 1. The summed E-state index contributed by atoms with van der Waals surface area (Å²) in [5, 5.41) is 4.11. The lowest BCUT2D eigenvalue weighted by atomic mass is 10.0. The van der Waals surface area contributed by atoms with Crippen LogP contribution in [0.15, 0.2) is 42.6 Å². The zero-order valence-electron chi connectivity index (χ0n) is 14.5. The van der Waals surface area contributed by atoms with Gasteiger partial charge in [0.15, 0.2) is 0 Å². The van der Waals surface area contributed by atoms with E-state index in [9.17, 15) is 4.79 Å². The van der Waals surface area contributed by atoms with Crippen LogP contribution in [0.4, 0.5) is 0 Å². The Morgan fingerprint density at radius 1 is 1.28 bits per heavy atom. The van der Waals surface area contributed by atoms with Crippen LogP contribution >= 0.6 is 11.6 Å². The predicted molar refractivity (Wildman–Crippen MR) is 101 cm³/mol. The average Bonchev–Trinajstić information content (AvgIpc) is 2.91. The number of halogens is 1. The lowest BCUT2D eigenvalue weighted by molar-refractivity contribution is 0.0642. The van der Waals surface area contributed by atoms with Gasteiger partial charge in [0.25, 0.3) is 5.91 Å². The Hall–Kier alpha value is -1.91. The molecule has 5 heteroatoms. The quantitative estimate of drug-likeness (QED) is 0.904. The van der Waals surface area contributed by atoms with Crippen molar-refractivity contribution in [3.8, 4) is 0 Å². The molecule has 3 rings (SSSR count). The van der Waals surface area contributed by atoms with E-state index < -0.39 is 0 Å². The number of aromatic nitrogens is 1. The summed E-state index contributed by atoms with van der Waals surface area (Å²) in [6, 6.07) is 11.6. The summed E-state index contributed by atoms with van der Waals surface area (Å²) in [7, 11) is 0. The van der Waals surface area contributed by atoms with Gasteiger partial charge in [-0.25, -0.2) is 0 Å². The largest absolute Gasteiger partial charge is 0.330 e. The van der Waals surface area contributed by atoms with E-state index in [1.165, 1.54) is 0 Å². The van der Waals surface area contributed by atoms with Crippen molar-refractivity contribution in [1.82, 2.24) is 15.2 Å². The normalized spacial score (nSPS) is 17.8. The molecule has 25 heavy (non-hydrogen) atoms. The number of aryl methyl sites for hydroxylation is 1. The molecule has 1 unspecified atom stereocenters. The fourth-order valence-corrected chi connectivity index (χ4v) is 3.41. The molecule has 2 heterocycles. The van der Waals surface area contributed by atoms with Gasteiger partial charge in [-0.05, 0) is 75.2 Å². The number of nitrogens with zero attached hydrogens (tertiary/aromatic N) is 2. The Labute approximate surface area is 154 Å². The van der Waals surface area contributed by atoms with Crippen LogP contribution in [0, 0.1) is 6.92 Å². The van der Waals surface area contributed by atoms with E-state index in [1.54, 1.807) is 12.3 Å². The van der Waals surface area contributed by atoms with Crippen molar-refractivity contribution in [2.45, 2.75) is 38.8 Å². The molecule has 2 aromatic rings. The second kappa shape index (κ2) is 8.45. The number of carbonyl (C=O) groups excluding carboxylic acids is 1. The van der Waals surface area contributed by atoms with Gasteiger partial charge in [0.05, 0.1) is 12.2 Å². The topological polar surface area (TPSA) is 45.2 Å². The molecular weight excluding hydrogens is 334 g/mol. The highest BCUT2D eigenvalue weighted by Gasteiger charge is 2.26. The number of nitrogens with one attached hydrogen (secondary N) is 1. The van der Waals surface area contributed by atoms with Crippen LogP contribution < -0.4 is 5.32 Å². The SMILES string of the molecule is Cc1cc(C(=O)N(Cc2ccccn2)C2CCCNCC2)ccc1Cl. The van der Waals surface area contributed by atoms with Gasteiger partial charge in [0, 0.05) is 22.8 Å². The lowest BCUT2D eigenvalue weighted by Gasteiger charge is -2.31. The summed E-state index contributed by atoms with van der Waals surface area (Å²) in [5.41, 5.74) is 2.53. The van der Waals surface area contributed by atoms with Gasteiger partial charge in [-0.15, -0.1) is 0 Å². The van der Waals surface area contributed by atoms with Crippen molar-refractivity contribution >= 4 is 17.5 Å². The van der Waals surface area contributed by atoms with Gasteiger partial charge in [0.2, 0.25) is 0 Å². The van der Waals surface area contributed by atoms with Crippen molar-refractivity contribution in [1.29, 1.82) is 0 Å². The highest BCUT2D eigenvalue weighted by atomic mass is 35.5.